The summed E-state index contributed by atoms with van der Waals surface area (Å²) in [7, 11) is 1.37. The smallest absolute Gasteiger partial charge is 0.316 e. The summed E-state index contributed by atoms with van der Waals surface area (Å²) in [5.74, 6) is 3.49. The number of rotatable bonds is 8. The number of aromatic nitrogens is 2. The lowest BCUT2D eigenvalue weighted by Crippen LogP contribution is -2.49. The van der Waals surface area contributed by atoms with Crippen LogP contribution in [0.4, 0.5) is 5.82 Å². The lowest BCUT2D eigenvalue weighted by atomic mass is 10.2. The van der Waals surface area contributed by atoms with Crippen LogP contribution >= 0.6 is 23.1 Å². The number of thiophene rings is 1. The molecule has 1 saturated heterocycles. The molecule has 0 saturated carbocycles. The largest absolute Gasteiger partial charge is 0.468 e. The van der Waals surface area contributed by atoms with Crippen LogP contribution in [0.1, 0.15) is 31.1 Å². The van der Waals surface area contributed by atoms with Crippen LogP contribution in [0.5, 0.6) is 0 Å². The van der Waals surface area contributed by atoms with Crippen molar-refractivity contribution in [3.63, 3.8) is 0 Å². The van der Waals surface area contributed by atoms with Gasteiger partial charge in [-0.15, -0.1) is 23.7 Å². The number of aryl methyl sites for hydroxylation is 1. The lowest BCUT2D eigenvalue weighted by molar-refractivity contribution is -0.137. The van der Waals surface area contributed by atoms with Gasteiger partial charge in [0.05, 0.1) is 18.2 Å². The molecule has 0 atom stereocenters. The van der Waals surface area contributed by atoms with E-state index in [2.05, 4.69) is 28.8 Å². The average molecular weight is 447 g/mol. The number of terminal acetylenes is 1. The predicted octanol–water partition coefficient (Wildman–Crippen LogP) is 2.97. The summed E-state index contributed by atoms with van der Waals surface area (Å²) >= 11 is 2.94. The third-order valence-electron chi connectivity index (χ3n) is 4.94. The fraction of sp³-hybridized carbons (Fsp3) is 0.524. The molecule has 0 aromatic carbocycles. The number of ether oxygens (including phenoxy) is 1. The first-order valence-electron chi connectivity index (χ1n) is 10.0. The molecular weight excluding hydrogens is 420 g/mol. The Morgan fingerprint density at radius 3 is 2.73 bits per heavy atom. The number of amides is 1. The highest BCUT2D eigenvalue weighted by molar-refractivity contribution is 7.99. The molecule has 3 rings (SSSR count). The second-order valence-electron chi connectivity index (χ2n) is 6.91. The van der Waals surface area contributed by atoms with Crippen molar-refractivity contribution in [1.29, 1.82) is 0 Å². The van der Waals surface area contributed by atoms with Crippen LogP contribution in [0.25, 0.3) is 10.2 Å². The fourth-order valence-electron chi connectivity index (χ4n) is 3.27. The minimum Gasteiger partial charge on any atom is -0.468 e. The van der Waals surface area contributed by atoms with Gasteiger partial charge in [0.1, 0.15) is 10.6 Å². The molecule has 0 spiro atoms. The summed E-state index contributed by atoms with van der Waals surface area (Å²) in [6, 6.07) is 2.15. The highest BCUT2D eigenvalue weighted by atomic mass is 32.2. The van der Waals surface area contributed by atoms with Crippen LogP contribution in [0.15, 0.2) is 11.2 Å². The van der Waals surface area contributed by atoms with E-state index >= 15 is 0 Å². The highest BCUT2D eigenvalue weighted by Crippen LogP contribution is 2.33. The van der Waals surface area contributed by atoms with E-state index in [9.17, 15) is 9.59 Å². The van der Waals surface area contributed by atoms with Gasteiger partial charge in [-0.25, -0.2) is 9.97 Å². The van der Waals surface area contributed by atoms with Crippen molar-refractivity contribution >= 4 is 51.0 Å². The Labute approximate surface area is 185 Å². The van der Waals surface area contributed by atoms with Gasteiger partial charge >= 0.3 is 5.97 Å². The van der Waals surface area contributed by atoms with Gasteiger partial charge in [-0.2, -0.15) is 0 Å². The Morgan fingerprint density at radius 1 is 1.30 bits per heavy atom. The molecule has 9 heteroatoms. The van der Waals surface area contributed by atoms with E-state index in [1.54, 1.807) is 11.3 Å². The first kappa shape index (κ1) is 22.4. The van der Waals surface area contributed by atoms with Crippen molar-refractivity contribution < 1.29 is 14.3 Å². The van der Waals surface area contributed by atoms with Crippen molar-refractivity contribution in [3.05, 3.63) is 10.9 Å². The molecule has 0 N–H and O–H groups in total. The van der Waals surface area contributed by atoms with Gasteiger partial charge in [0.15, 0.2) is 5.16 Å². The summed E-state index contributed by atoms with van der Waals surface area (Å²) < 4.78 is 4.73. The molecule has 0 bridgehead atoms. The van der Waals surface area contributed by atoms with Crippen molar-refractivity contribution in [3.8, 4) is 12.3 Å². The zero-order valence-electron chi connectivity index (χ0n) is 17.3. The van der Waals surface area contributed by atoms with Crippen LogP contribution in [-0.2, 0) is 20.7 Å². The van der Waals surface area contributed by atoms with Gasteiger partial charge in [0.2, 0.25) is 5.91 Å². The first-order chi connectivity index (χ1) is 14.5. The van der Waals surface area contributed by atoms with Gasteiger partial charge < -0.3 is 14.5 Å². The van der Waals surface area contributed by atoms with Crippen molar-refractivity contribution in [1.82, 2.24) is 14.9 Å². The van der Waals surface area contributed by atoms with Gasteiger partial charge in [-0.3, -0.25) is 9.59 Å². The van der Waals surface area contributed by atoms with E-state index in [4.69, 9.17) is 16.1 Å². The lowest BCUT2D eigenvalue weighted by Gasteiger charge is -2.35. The number of hydrogen-bond acceptors (Lipinski definition) is 8. The summed E-state index contributed by atoms with van der Waals surface area (Å²) in [6.45, 7) is 4.87. The minimum absolute atomic E-state index is 0.163. The van der Waals surface area contributed by atoms with E-state index in [1.807, 2.05) is 4.90 Å². The second kappa shape index (κ2) is 10.6. The number of carbonyl (C=O) groups excluding carboxylic acids is 2. The van der Waals surface area contributed by atoms with Crippen LogP contribution in [0.2, 0.25) is 0 Å². The summed E-state index contributed by atoms with van der Waals surface area (Å²) in [6.07, 6.45) is 8.07. The minimum atomic E-state index is -0.303. The molecule has 2 aromatic heterocycles. The van der Waals surface area contributed by atoms with Gasteiger partial charge in [-0.05, 0) is 18.9 Å². The van der Waals surface area contributed by atoms with E-state index in [0.717, 1.165) is 28.9 Å². The molecular formula is C21H26N4O3S2. The Morgan fingerprint density at radius 2 is 2.07 bits per heavy atom. The van der Waals surface area contributed by atoms with Crippen molar-refractivity contribution in [2.45, 2.75) is 37.8 Å². The van der Waals surface area contributed by atoms with E-state index in [1.165, 1.54) is 23.7 Å². The topological polar surface area (TPSA) is 75.6 Å². The third-order valence-corrected chi connectivity index (χ3v) is 6.94. The van der Waals surface area contributed by atoms with E-state index in [-0.39, 0.29) is 17.6 Å². The van der Waals surface area contributed by atoms with Crippen molar-refractivity contribution in [2.75, 3.05) is 43.9 Å². The maximum absolute atomic E-state index is 12.4. The maximum atomic E-state index is 12.4. The Balaban J connectivity index is 1.75. The number of methoxy groups -OCH3 is 1. The summed E-state index contributed by atoms with van der Waals surface area (Å²) in [5.41, 5.74) is 0. The zero-order chi connectivity index (χ0) is 21.5. The number of carbonyl (C=O) groups is 2. The zero-order valence-corrected chi connectivity index (χ0v) is 19.0. The number of thioether (sulfide) groups is 1. The SMILES string of the molecule is C#CCCCC(=O)N1CCN(c2nc(SCC(=O)OC)nc3sc(CC)cc23)CC1. The standard InChI is InChI=1S/C21H26N4O3S2/c1-4-6-7-8-17(26)24-9-11-25(12-10-24)19-16-13-15(5-2)30-20(16)23-21(22-19)29-14-18(27)28-3/h1,13H,5-12,14H2,2-3H3. The number of hydrogen-bond donors (Lipinski definition) is 0. The van der Waals surface area contributed by atoms with Gasteiger partial charge in [-0.1, -0.05) is 18.7 Å². The molecule has 7 nitrogen and oxygen atoms in total. The monoisotopic (exact) mass is 446 g/mol. The highest BCUT2D eigenvalue weighted by Gasteiger charge is 2.24. The van der Waals surface area contributed by atoms with Gasteiger partial charge in [0.25, 0.3) is 0 Å². The van der Waals surface area contributed by atoms with Crippen LogP contribution < -0.4 is 4.90 Å². The third kappa shape index (κ3) is 5.43. The number of anilines is 1. The molecule has 1 amide bonds. The van der Waals surface area contributed by atoms with E-state index < -0.39 is 0 Å². The Bertz CT molecular complexity index is 946. The number of unbranched alkanes of at least 4 members (excludes halogenated alkanes) is 1. The van der Waals surface area contributed by atoms with E-state index in [0.29, 0.717) is 44.2 Å². The number of nitrogens with zero attached hydrogens (tertiary/aromatic N) is 4. The predicted molar refractivity (Wildman–Crippen MR) is 121 cm³/mol. The molecule has 30 heavy (non-hydrogen) atoms. The second-order valence-corrected chi connectivity index (χ2v) is 8.96. The average Bonchev–Trinajstić information content (AvgIpc) is 3.20. The molecule has 2 aromatic rings. The molecule has 1 fully saturated rings. The Hall–Kier alpha value is -2.31. The van der Waals surface area contributed by atoms with Crippen molar-refractivity contribution in [2.24, 2.45) is 0 Å². The molecule has 0 aliphatic carbocycles. The Kier molecular flexibility index (Phi) is 7.94. The number of fused-ring (bicyclic) bond motifs is 1. The molecule has 3 heterocycles. The molecule has 0 radical (unpaired) electrons. The van der Waals surface area contributed by atoms with Crippen LogP contribution in [0, 0.1) is 12.3 Å². The van der Waals surface area contributed by atoms with Crippen LogP contribution in [-0.4, -0.2) is 65.8 Å². The summed E-state index contributed by atoms with van der Waals surface area (Å²) in [4.78, 5) is 39.6. The number of piperazine rings is 1. The molecule has 1 aliphatic rings. The molecule has 160 valence electrons. The summed E-state index contributed by atoms with van der Waals surface area (Å²) in [5, 5.41) is 1.60. The maximum Gasteiger partial charge on any atom is 0.316 e. The first-order valence-corrected chi connectivity index (χ1v) is 11.8. The fourth-order valence-corrected chi connectivity index (χ4v) is 4.96. The van der Waals surface area contributed by atoms with Gasteiger partial charge in [0, 0.05) is 43.9 Å². The molecule has 1 aliphatic heterocycles. The van der Waals surface area contributed by atoms with Crippen LogP contribution in [0.3, 0.4) is 0 Å². The molecule has 0 unspecified atom stereocenters. The number of esters is 1. The normalized spacial score (nSPS) is 14.0. The quantitative estimate of drug-likeness (QED) is 0.203.